The Bertz CT molecular complexity index is 580. The molecule has 1 heterocycles. The molecule has 1 aromatic heterocycles. The van der Waals surface area contributed by atoms with Crippen LogP contribution in [-0.2, 0) is 6.42 Å². The van der Waals surface area contributed by atoms with Crippen molar-refractivity contribution in [3.05, 3.63) is 45.6 Å². The van der Waals surface area contributed by atoms with Crippen molar-refractivity contribution in [3.8, 4) is 11.5 Å². The van der Waals surface area contributed by atoms with Crippen LogP contribution in [0, 0.1) is 6.92 Å². The molecule has 1 N–H and O–H groups in total. The molecule has 3 nitrogen and oxygen atoms in total. The van der Waals surface area contributed by atoms with E-state index in [4.69, 9.17) is 9.47 Å². The highest BCUT2D eigenvalue weighted by molar-refractivity contribution is 7.10. The van der Waals surface area contributed by atoms with Gasteiger partial charge in [-0.2, -0.15) is 0 Å². The molecule has 0 bridgehead atoms. The number of aryl methyl sites for hydroxylation is 1. The third kappa shape index (κ3) is 3.99. The van der Waals surface area contributed by atoms with Crippen LogP contribution < -0.4 is 14.8 Å². The average Bonchev–Trinajstić information content (AvgIpc) is 2.93. The summed E-state index contributed by atoms with van der Waals surface area (Å²) in [5.41, 5.74) is 2.59. The van der Waals surface area contributed by atoms with Gasteiger partial charge in [-0.15, -0.1) is 11.3 Å². The Hall–Kier alpha value is -1.52. The average molecular weight is 305 g/mol. The van der Waals surface area contributed by atoms with Crippen molar-refractivity contribution >= 4 is 11.3 Å². The van der Waals surface area contributed by atoms with Crippen LogP contribution in [0.5, 0.6) is 11.5 Å². The fourth-order valence-electron chi connectivity index (χ4n) is 2.44. The fraction of sp³-hybridized carbons (Fsp3) is 0.412. The lowest BCUT2D eigenvalue weighted by molar-refractivity contribution is 0.354. The van der Waals surface area contributed by atoms with Crippen LogP contribution in [-0.4, -0.2) is 20.8 Å². The van der Waals surface area contributed by atoms with E-state index in [1.54, 1.807) is 25.6 Å². The monoisotopic (exact) mass is 305 g/mol. The molecule has 114 valence electrons. The number of thiophene rings is 1. The first-order chi connectivity index (χ1) is 10.2. The second-order valence-electron chi connectivity index (χ2n) is 4.99. The van der Waals surface area contributed by atoms with Crippen LogP contribution in [0.4, 0.5) is 0 Å². The summed E-state index contributed by atoms with van der Waals surface area (Å²) in [4.78, 5) is 1.35. The molecule has 2 aromatic rings. The Kier molecular flexibility index (Phi) is 5.65. The lowest BCUT2D eigenvalue weighted by Crippen LogP contribution is -2.22. The van der Waals surface area contributed by atoms with Gasteiger partial charge in [0.15, 0.2) is 11.5 Å². The molecule has 0 aliphatic carbocycles. The van der Waals surface area contributed by atoms with Crippen LogP contribution >= 0.6 is 11.3 Å². The SMILES string of the molecule is CCNC(Cc1ccc(OC)c(OC)c1)c1csc(C)c1. The molecule has 1 unspecified atom stereocenters. The Labute approximate surface area is 130 Å². The Morgan fingerprint density at radius 1 is 1.14 bits per heavy atom. The summed E-state index contributed by atoms with van der Waals surface area (Å²) in [5, 5.41) is 5.80. The molecule has 4 heteroatoms. The summed E-state index contributed by atoms with van der Waals surface area (Å²) < 4.78 is 10.7. The van der Waals surface area contributed by atoms with Gasteiger partial charge in [-0.25, -0.2) is 0 Å². The predicted octanol–water partition coefficient (Wildman–Crippen LogP) is 3.97. The van der Waals surface area contributed by atoms with E-state index >= 15 is 0 Å². The first-order valence-electron chi connectivity index (χ1n) is 7.17. The van der Waals surface area contributed by atoms with Gasteiger partial charge in [0.25, 0.3) is 0 Å². The third-order valence-electron chi connectivity index (χ3n) is 3.49. The van der Waals surface area contributed by atoms with Gasteiger partial charge in [-0.3, -0.25) is 0 Å². The molecular weight excluding hydrogens is 282 g/mol. The highest BCUT2D eigenvalue weighted by Gasteiger charge is 2.14. The van der Waals surface area contributed by atoms with Crippen LogP contribution in [0.15, 0.2) is 29.6 Å². The van der Waals surface area contributed by atoms with E-state index in [0.29, 0.717) is 6.04 Å². The van der Waals surface area contributed by atoms with Crippen molar-refractivity contribution in [2.45, 2.75) is 26.3 Å². The van der Waals surface area contributed by atoms with Gasteiger partial charge < -0.3 is 14.8 Å². The molecule has 0 saturated carbocycles. The van der Waals surface area contributed by atoms with E-state index in [-0.39, 0.29) is 0 Å². The number of benzene rings is 1. The van der Waals surface area contributed by atoms with Crippen LogP contribution in [0.25, 0.3) is 0 Å². The largest absolute Gasteiger partial charge is 0.493 e. The minimum atomic E-state index is 0.332. The van der Waals surface area contributed by atoms with Crippen LogP contribution in [0.2, 0.25) is 0 Å². The minimum Gasteiger partial charge on any atom is -0.493 e. The van der Waals surface area contributed by atoms with Crippen molar-refractivity contribution in [1.82, 2.24) is 5.32 Å². The summed E-state index contributed by atoms with van der Waals surface area (Å²) in [6, 6.07) is 8.72. The highest BCUT2D eigenvalue weighted by atomic mass is 32.1. The number of rotatable bonds is 7. The van der Waals surface area contributed by atoms with Gasteiger partial charge in [-0.1, -0.05) is 13.0 Å². The van der Waals surface area contributed by atoms with Gasteiger partial charge in [-0.05, 0) is 54.6 Å². The second-order valence-corrected chi connectivity index (χ2v) is 6.11. The Morgan fingerprint density at radius 2 is 1.90 bits per heavy atom. The van der Waals surface area contributed by atoms with E-state index < -0.39 is 0 Å². The van der Waals surface area contributed by atoms with Gasteiger partial charge in [0.1, 0.15) is 0 Å². The third-order valence-corrected chi connectivity index (χ3v) is 4.37. The molecule has 1 aromatic carbocycles. The van der Waals surface area contributed by atoms with E-state index in [1.165, 1.54) is 16.0 Å². The van der Waals surface area contributed by atoms with Gasteiger partial charge in [0.05, 0.1) is 14.2 Å². The number of likely N-dealkylation sites (N-methyl/N-ethyl adjacent to an activating group) is 1. The molecule has 2 rings (SSSR count). The number of methoxy groups -OCH3 is 2. The maximum absolute atomic E-state index is 5.38. The molecule has 0 radical (unpaired) electrons. The van der Waals surface area contributed by atoms with E-state index in [1.807, 2.05) is 6.07 Å². The molecule has 0 saturated heterocycles. The van der Waals surface area contributed by atoms with E-state index in [2.05, 4.69) is 42.7 Å². The molecule has 0 spiro atoms. The number of nitrogens with one attached hydrogen (secondary N) is 1. The van der Waals surface area contributed by atoms with Crippen molar-refractivity contribution in [3.63, 3.8) is 0 Å². The first kappa shape index (κ1) is 15.9. The number of hydrogen-bond donors (Lipinski definition) is 1. The molecule has 0 aliphatic rings. The number of hydrogen-bond acceptors (Lipinski definition) is 4. The summed E-state index contributed by atoms with van der Waals surface area (Å²) in [7, 11) is 3.33. The molecule has 21 heavy (non-hydrogen) atoms. The summed E-state index contributed by atoms with van der Waals surface area (Å²) in [5.74, 6) is 1.55. The smallest absolute Gasteiger partial charge is 0.160 e. The zero-order valence-corrected chi connectivity index (χ0v) is 13.9. The maximum Gasteiger partial charge on any atom is 0.160 e. The molecule has 0 fully saturated rings. The molecule has 0 amide bonds. The highest BCUT2D eigenvalue weighted by Crippen LogP contribution is 2.30. The molecular formula is C17H23NO2S. The van der Waals surface area contributed by atoms with Crippen molar-refractivity contribution in [2.75, 3.05) is 20.8 Å². The maximum atomic E-state index is 5.38. The second kappa shape index (κ2) is 7.48. The molecule has 1 atom stereocenters. The topological polar surface area (TPSA) is 30.5 Å². The number of ether oxygens (including phenoxy) is 2. The van der Waals surface area contributed by atoms with Crippen molar-refractivity contribution in [1.29, 1.82) is 0 Å². The summed E-state index contributed by atoms with van der Waals surface area (Å²) in [6.45, 7) is 5.24. The first-order valence-corrected chi connectivity index (χ1v) is 8.05. The van der Waals surface area contributed by atoms with Gasteiger partial charge in [0, 0.05) is 10.9 Å². The van der Waals surface area contributed by atoms with Gasteiger partial charge >= 0.3 is 0 Å². The quantitative estimate of drug-likeness (QED) is 0.839. The Morgan fingerprint density at radius 3 is 2.48 bits per heavy atom. The zero-order valence-electron chi connectivity index (χ0n) is 13.1. The van der Waals surface area contributed by atoms with Gasteiger partial charge in [0.2, 0.25) is 0 Å². The summed E-state index contributed by atoms with van der Waals surface area (Å²) >= 11 is 1.80. The standard InChI is InChI=1S/C17H23NO2S/c1-5-18-15(14-8-12(2)21-11-14)9-13-6-7-16(19-3)17(10-13)20-4/h6-8,10-11,15,18H,5,9H2,1-4H3. The Balaban J connectivity index is 2.20. The van der Waals surface area contributed by atoms with Crippen molar-refractivity contribution in [2.24, 2.45) is 0 Å². The zero-order chi connectivity index (χ0) is 15.2. The van der Waals surface area contributed by atoms with E-state index in [9.17, 15) is 0 Å². The van der Waals surface area contributed by atoms with Crippen LogP contribution in [0.1, 0.15) is 29.0 Å². The normalized spacial score (nSPS) is 12.2. The molecule has 0 aliphatic heterocycles. The summed E-state index contributed by atoms with van der Waals surface area (Å²) in [6.07, 6.45) is 0.935. The predicted molar refractivity (Wildman–Crippen MR) is 88.7 cm³/mol. The minimum absolute atomic E-state index is 0.332. The lowest BCUT2D eigenvalue weighted by atomic mass is 10.0. The van der Waals surface area contributed by atoms with E-state index in [0.717, 1.165) is 24.5 Å². The van der Waals surface area contributed by atoms with Crippen molar-refractivity contribution < 1.29 is 9.47 Å². The lowest BCUT2D eigenvalue weighted by Gasteiger charge is -2.18. The van der Waals surface area contributed by atoms with Crippen LogP contribution in [0.3, 0.4) is 0 Å². The fourth-order valence-corrected chi connectivity index (χ4v) is 3.20.